The maximum atomic E-state index is 12.4. The summed E-state index contributed by atoms with van der Waals surface area (Å²) in [7, 11) is 0. The van der Waals surface area contributed by atoms with Crippen molar-refractivity contribution in [1.82, 2.24) is 15.6 Å². The van der Waals surface area contributed by atoms with Gasteiger partial charge >= 0.3 is 12.2 Å². The second kappa shape index (κ2) is 14.1. The second-order valence-corrected chi connectivity index (χ2v) is 13.4. The van der Waals surface area contributed by atoms with E-state index in [0.29, 0.717) is 25.3 Å². The highest BCUT2D eigenvalue weighted by atomic mass is 16.6. The smallest absolute Gasteiger partial charge is 0.414 e. The van der Waals surface area contributed by atoms with Crippen molar-refractivity contribution in [2.24, 2.45) is 0 Å². The summed E-state index contributed by atoms with van der Waals surface area (Å²) in [6.45, 7) is 21.2. The van der Waals surface area contributed by atoms with Crippen LogP contribution in [-0.2, 0) is 30.1 Å². The van der Waals surface area contributed by atoms with Gasteiger partial charge in [-0.1, -0.05) is 6.07 Å². The molecule has 2 aliphatic heterocycles. The molecule has 51 heavy (non-hydrogen) atoms. The van der Waals surface area contributed by atoms with E-state index in [1.165, 1.54) is 13.8 Å². The monoisotopic (exact) mass is 689 g/mol. The van der Waals surface area contributed by atoms with Gasteiger partial charge in [-0.25, -0.2) is 22.7 Å². The number of anilines is 2. The molecule has 2 saturated carbocycles. The fourth-order valence-corrected chi connectivity index (χ4v) is 6.52. The van der Waals surface area contributed by atoms with Crippen molar-refractivity contribution < 1.29 is 28.7 Å². The van der Waals surface area contributed by atoms with Crippen LogP contribution >= 0.6 is 0 Å². The number of carbonyl (C=O) groups is 4. The van der Waals surface area contributed by atoms with Crippen LogP contribution in [0.4, 0.5) is 21.0 Å². The number of nitrogens with one attached hydrogen (secondary N) is 2. The standard InChI is InChI=1S/C21H20N4O3.C17H19N3O3/c1-14(26)24-12-17-13-25(20(27)28-17)16-5-6-19(21(22-2)7-8-21)18(10-16)15-4-3-9-23-11-15;1-11-8-13(4-5-15(11)17(18-3)6-7-17)20-10-14(23-16(20)22)9-19-12(2)21/h3-6,9-11,17H,7-8,12-13H2,1H3,(H,24,26);4-5,8,14H,6-7,9-10H2,1-2H3,(H,19,21)/t17-;14-/m00/s1. The Morgan fingerprint density at radius 1 is 0.824 bits per heavy atom. The second-order valence-electron chi connectivity index (χ2n) is 13.4. The average Bonchev–Trinajstić information content (AvgIpc) is 4.03. The number of aryl methyl sites for hydroxylation is 1. The van der Waals surface area contributed by atoms with E-state index >= 15 is 0 Å². The Hall–Kier alpha value is -5.95. The lowest BCUT2D eigenvalue weighted by molar-refractivity contribution is -0.120. The largest absolute Gasteiger partial charge is 0.442 e. The molecule has 2 aromatic carbocycles. The van der Waals surface area contributed by atoms with Crippen LogP contribution in [0.15, 0.2) is 60.9 Å². The molecule has 2 atom stereocenters. The zero-order valence-corrected chi connectivity index (χ0v) is 28.8. The van der Waals surface area contributed by atoms with E-state index in [1.807, 2.05) is 55.5 Å². The van der Waals surface area contributed by atoms with Gasteiger partial charge in [-0.3, -0.25) is 24.4 Å². The zero-order valence-electron chi connectivity index (χ0n) is 28.8. The Labute approximate surface area is 296 Å². The molecular formula is C38H39N7O6. The molecule has 0 spiro atoms. The average molecular weight is 690 g/mol. The number of ether oxygens (including phenoxy) is 2. The molecule has 13 heteroatoms. The van der Waals surface area contributed by atoms with E-state index in [9.17, 15) is 19.2 Å². The van der Waals surface area contributed by atoms with Crippen molar-refractivity contribution in [3.63, 3.8) is 0 Å². The van der Waals surface area contributed by atoms with E-state index < -0.39 is 23.8 Å². The molecule has 2 saturated heterocycles. The molecule has 0 radical (unpaired) electrons. The lowest BCUT2D eigenvalue weighted by Gasteiger charge is -2.17. The van der Waals surface area contributed by atoms with Crippen molar-refractivity contribution in [2.75, 3.05) is 36.0 Å². The Balaban J connectivity index is 0.000000179. The summed E-state index contributed by atoms with van der Waals surface area (Å²) in [5, 5.41) is 5.34. The summed E-state index contributed by atoms with van der Waals surface area (Å²) >= 11 is 0. The van der Waals surface area contributed by atoms with Gasteiger partial charge < -0.3 is 29.8 Å². The van der Waals surface area contributed by atoms with Gasteiger partial charge in [0, 0.05) is 80.0 Å². The molecule has 0 unspecified atom stereocenters. The normalized spacial score (nSPS) is 20.5. The minimum absolute atomic E-state index is 0.145. The molecule has 2 aliphatic carbocycles. The molecule has 2 N–H and O–H groups in total. The van der Waals surface area contributed by atoms with Crippen LogP contribution in [0, 0.1) is 20.1 Å². The van der Waals surface area contributed by atoms with Crippen molar-refractivity contribution in [3.05, 3.63) is 100 Å². The maximum Gasteiger partial charge on any atom is 0.414 e. The van der Waals surface area contributed by atoms with E-state index in [1.54, 1.807) is 22.2 Å². The van der Waals surface area contributed by atoms with Gasteiger partial charge in [-0.15, -0.1) is 0 Å². The van der Waals surface area contributed by atoms with Crippen LogP contribution in [-0.4, -0.2) is 67.4 Å². The van der Waals surface area contributed by atoms with Gasteiger partial charge in [-0.2, -0.15) is 0 Å². The van der Waals surface area contributed by atoms with Gasteiger partial charge in [-0.05, 0) is 60.5 Å². The number of hydrogen-bond acceptors (Lipinski definition) is 7. The van der Waals surface area contributed by atoms with E-state index in [4.69, 9.17) is 22.6 Å². The highest BCUT2D eigenvalue weighted by molar-refractivity contribution is 5.92. The van der Waals surface area contributed by atoms with E-state index in [0.717, 1.165) is 59.2 Å². The quantitative estimate of drug-likeness (QED) is 0.284. The van der Waals surface area contributed by atoms with Crippen molar-refractivity contribution in [2.45, 2.75) is 69.7 Å². The van der Waals surface area contributed by atoms with Crippen LogP contribution in [0.2, 0.25) is 0 Å². The number of benzene rings is 2. The van der Waals surface area contributed by atoms with Gasteiger partial charge in [0.25, 0.3) is 11.1 Å². The van der Waals surface area contributed by atoms with Crippen LogP contribution < -0.4 is 20.4 Å². The molecule has 0 bridgehead atoms. The number of aromatic nitrogens is 1. The minimum atomic E-state index is -0.469. The molecule has 3 aromatic rings. The fourth-order valence-electron chi connectivity index (χ4n) is 6.52. The molecule has 1 aromatic heterocycles. The first-order valence-corrected chi connectivity index (χ1v) is 16.9. The molecular weight excluding hydrogens is 650 g/mol. The van der Waals surface area contributed by atoms with Gasteiger partial charge in [0.05, 0.1) is 26.2 Å². The van der Waals surface area contributed by atoms with E-state index in [2.05, 4.69) is 25.3 Å². The first-order chi connectivity index (χ1) is 24.5. The van der Waals surface area contributed by atoms with Gasteiger partial charge in [0.15, 0.2) is 0 Å². The molecule has 4 fully saturated rings. The summed E-state index contributed by atoms with van der Waals surface area (Å²) in [4.78, 5) is 61.4. The predicted molar refractivity (Wildman–Crippen MR) is 188 cm³/mol. The zero-order chi connectivity index (χ0) is 36.3. The lowest BCUT2D eigenvalue weighted by atomic mass is 9.93. The molecule has 7 rings (SSSR count). The predicted octanol–water partition coefficient (Wildman–Crippen LogP) is 5.48. The Morgan fingerprint density at radius 2 is 1.33 bits per heavy atom. The third-order valence-corrected chi connectivity index (χ3v) is 9.59. The number of nitrogens with zero attached hydrogens (tertiary/aromatic N) is 5. The Kier molecular flexibility index (Phi) is 9.66. The number of hydrogen-bond donors (Lipinski definition) is 2. The maximum absolute atomic E-state index is 12.4. The first-order valence-electron chi connectivity index (χ1n) is 16.9. The number of pyridine rings is 1. The van der Waals surface area contributed by atoms with Crippen LogP contribution in [0.25, 0.3) is 20.8 Å². The molecule has 13 nitrogen and oxygen atoms in total. The topological polar surface area (TPSA) is 139 Å². The molecule has 4 aliphatic rings. The van der Waals surface area contributed by atoms with Crippen LogP contribution in [0.5, 0.6) is 0 Å². The molecule has 3 heterocycles. The fraction of sp³-hybridized carbons (Fsp3) is 0.395. The summed E-state index contributed by atoms with van der Waals surface area (Å²) in [6, 6.07) is 15.3. The third kappa shape index (κ3) is 7.48. The highest BCUT2D eigenvalue weighted by Gasteiger charge is 2.54. The van der Waals surface area contributed by atoms with Crippen LogP contribution in [0.1, 0.15) is 56.2 Å². The van der Waals surface area contributed by atoms with Gasteiger partial charge in [0.1, 0.15) is 12.2 Å². The molecule has 4 amide bonds. The summed E-state index contributed by atoms with van der Waals surface area (Å²) in [5.74, 6) is -0.305. The lowest BCUT2D eigenvalue weighted by Crippen LogP contribution is -2.33. The number of cyclic esters (lactones) is 2. The van der Waals surface area contributed by atoms with Crippen molar-refractivity contribution >= 4 is 35.4 Å². The number of amides is 4. The minimum Gasteiger partial charge on any atom is -0.442 e. The van der Waals surface area contributed by atoms with Crippen molar-refractivity contribution in [3.8, 4) is 11.1 Å². The number of carbonyl (C=O) groups excluding carboxylic acids is 4. The Bertz CT molecular complexity index is 1940. The summed E-state index contributed by atoms with van der Waals surface area (Å²) < 4.78 is 10.6. The number of rotatable bonds is 9. The SMILES string of the molecule is [C-]#[N+]C1(c2ccc(N3C[C@H](CNC(C)=O)OC3=O)cc2-c2cccnc2)CC1.[C-]#[N+]C1(c2ccc(N3C[C@H](CNC(C)=O)OC3=O)cc2C)CC1. The first kappa shape index (κ1) is 34.9. The summed E-state index contributed by atoms with van der Waals surface area (Å²) in [6.07, 6.45) is 5.39. The summed E-state index contributed by atoms with van der Waals surface area (Å²) in [5.41, 5.74) is 5.54. The Morgan fingerprint density at radius 3 is 1.78 bits per heavy atom. The highest BCUT2D eigenvalue weighted by Crippen LogP contribution is 2.53. The van der Waals surface area contributed by atoms with Crippen molar-refractivity contribution in [1.29, 1.82) is 0 Å². The van der Waals surface area contributed by atoms with E-state index in [-0.39, 0.29) is 30.0 Å². The molecule has 262 valence electrons. The van der Waals surface area contributed by atoms with Gasteiger partial charge in [0.2, 0.25) is 11.8 Å². The van der Waals surface area contributed by atoms with Crippen LogP contribution in [0.3, 0.4) is 0 Å². The third-order valence-electron chi connectivity index (χ3n) is 9.59.